The predicted molar refractivity (Wildman–Crippen MR) is 211 cm³/mol. The van der Waals surface area contributed by atoms with Crippen LogP contribution in [0.5, 0.6) is 0 Å². The number of hydrogen-bond donors (Lipinski definition) is 0. The van der Waals surface area contributed by atoms with E-state index in [1.165, 1.54) is 9.40 Å². The van der Waals surface area contributed by atoms with E-state index in [-0.39, 0.29) is 0 Å². The van der Waals surface area contributed by atoms with Gasteiger partial charge in [0.1, 0.15) is 20.7 Å². The summed E-state index contributed by atoms with van der Waals surface area (Å²) in [7, 11) is 0. The number of nitrogens with zero attached hydrogens (tertiary/aromatic N) is 4. The van der Waals surface area contributed by atoms with Gasteiger partial charge in [0.15, 0.2) is 0 Å². The molecule has 6 aromatic carbocycles. The second-order valence-electron chi connectivity index (χ2n) is 12.2. The monoisotopic (exact) mass is 674 g/mol. The summed E-state index contributed by atoms with van der Waals surface area (Å²) in [6.45, 7) is 0. The average molecular weight is 675 g/mol. The number of aromatic nitrogens is 4. The van der Waals surface area contributed by atoms with Crippen LogP contribution in [0.15, 0.2) is 158 Å². The molecule has 0 bridgehead atoms. The molecule has 234 valence electrons. The number of hydrogen-bond acceptors (Lipinski definition) is 6. The second kappa shape index (κ2) is 11.8. The van der Waals surface area contributed by atoms with Crippen molar-refractivity contribution in [3.05, 3.63) is 158 Å². The number of fused-ring (bicyclic) bond motifs is 6. The van der Waals surface area contributed by atoms with Crippen LogP contribution in [0.1, 0.15) is 0 Å². The van der Waals surface area contributed by atoms with E-state index in [0.29, 0.717) is 0 Å². The van der Waals surface area contributed by atoms with Gasteiger partial charge in [-0.25, -0.2) is 19.9 Å². The van der Waals surface area contributed by atoms with E-state index in [4.69, 9.17) is 19.9 Å². The summed E-state index contributed by atoms with van der Waals surface area (Å²) in [6, 6.07) is 54.9. The summed E-state index contributed by atoms with van der Waals surface area (Å²) in [5, 5.41) is 2.27. The van der Waals surface area contributed by atoms with Gasteiger partial charge in [0, 0.05) is 42.4 Å². The standard InChI is InChI=1S/C44H26N4S2/c1-3-13-27(14-4-1)37-40(48-44-41(45-37)33-21-7-9-23-35(33)50-44)32-20-12-18-30(26-32)29-17-11-19-31(25-29)39-38(28-15-5-2-6-16-28)47-43-42(46-39)34-22-8-10-24-36(34)49-43/h1-26H. The van der Waals surface area contributed by atoms with Crippen molar-refractivity contribution in [2.75, 3.05) is 0 Å². The first-order valence-electron chi connectivity index (χ1n) is 16.5. The van der Waals surface area contributed by atoms with Crippen LogP contribution < -0.4 is 0 Å². The molecule has 0 unspecified atom stereocenters. The van der Waals surface area contributed by atoms with Crippen molar-refractivity contribution >= 4 is 63.5 Å². The Hall–Kier alpha value is -6.08. The Bertz CT molecular complexity index is 2880. The van der Waals surface area contributed by atoms with Crippen molar-refractivity contribution in [1.82, 2.24) is 19.9 Å². The summed E-state index contributed by atoms with van der Waals surface area (Å²) in [5.41, 5.74) is 11.7. The SMILES string of the molecule is c1ccc(-c2nc3sc4ccccc4c3nc2-c2cccc(-c3cccc(-c4nc5sc6ccccc6c5nc4-c4ccccc4)c3)c2)cc1. The molecule has 0 atom stereocenters. The topological polar surface area (TPSA) is 51.6 Å². The Morgan fingerprint density at radius 3 is 1.16 bits per heavy atom. The van der Waals surface area contributed by atoms with Crippen molar-refractivity contribution in [2.24, 2.45) is 0 Å². The number of benzene rings is 6. The molecule has 0 aliphatic carbocycles. The van der Waals surface area contributed by atoms with Crippen molar-refractivity contribution in [3.63, 3.8) is 0 Å². The van der Waals surface area contributed by atoms with Gasteiger partial charge in [-0.05, 0) is 35.4 Å². The summed E-state index contributed by atoms with van der Waals surface area (Å²) in [5.74, 6) is 0. The maximum absolute atomic E-state index is 5.33. The molecule has 0 fully saturated rings. The van der Waals surface area contributed by atoms with Crippen molar-refractivity contribution in [3.8, 4) is 56.2 Å². The number of thiophene rings is 2. The van der Waals surface area contributed by atoms with Crippen LogP contribution in [0.4, 0.5) is 0 Å². The summed E-state index contributed by atoms with van der Waals surface area (Å²) >= 11 is 3.38. The molecular weight excluding hydrogens is 649 g/mol. The van der Waals surface area contributed by atoms with Crippen LogP contribution in [0.25, 0.3) is 97.0 Å². The molecule has 4 heterocycles. The van der Waals surface area contributed by atoms with Crippen molar-refractivity contribution in [2.45, 2.75) is 0 Å². The lowest BCUT2D eigenvalue weighted by atomic mass is 9.96. The molecule has 0 aliphatic heterocycles. The van der Waals surface area contributed by atoms with Gasteiger partial charge < -0.3 is 0 Å². The van der Waals surface area contributed by atoms with Gasteiger partial charge in [0.25, 0.3) is 0 Å². The van der Waals surface area contributed by atoms with E-state index in [2.05, 4.69) is 146 Å². The van der Waals surface area contributed by atoms with E-state index < -0.39 is 0 Å². The normalized spacial score (nSPS) is 11.6. The molecule has 4 aromatic heterocycles. The fourth-order valence-electron chi connectivity index (χ4n) is 6.73. The zero-order valence-corrected chi connectivity index (χ0v) is 28.2. The highest BCUT2D eigenvalue weighted by atomic mass is 32.1. The third-order valence-corrected chi connectivity index (χ3v) is 11.2. The van der Waals surface area contributed by atoms with E-state index in [1.807, 2.05) is 12.1 Å². The largest absolute Gasteiger partial charge is 0.242 e. The Morgan fingerprint density at radius 2 is 0.660 bits per heavy atom. The van der Waals surface area contributed by atoms with Crippen LogP contribution in [0, 0.1) is 0 Å². The van der Waals surface area contributed by atoms with E-state index in [1.54, 1.807) is 22.7 Å². The zero-order valence-electron chi connectivity index (χ0n) is 26.6. The lowest BCUT2D eigenvalue weighted by Crippen LogP contribution is -1.95. The third kappa shape index (κ3) is 4.88. The Kier molecular flexibility index (Phi) is 6.82. The van der Waals surface area contributed by atoms with Gasteiger partial charge in [-0.15, -0.1) is 22.7 Å². The number of rotatable bonds is 5. The molecule has 0 radical (unpaired) electrons. The van der Waals surface area contributed by atoms with Gasteiger partial charge in [-0.3, -0.25) is 0 Å². The van der Waals surface area contributed by atoms with Crippen molar-refractivity contribution < 1.29 is 0 Å². The van der Waals surface area contributed by atoms with Gasteiger partial charge in [0.2, 0.25) is 0 Å². The predicted octanol–water partition coefficient (Wildman–Crippen LogP) is 12.3. The highest BCUT2D eigenvalue weighted by Gasteiger charge is 2.19. The molecule has 0 aliphatic rings. The highest BCUT2D eigenvalue weighted by molar-refractivity contribution is 7.25. The van der Waals surface area contributed by atoms with E-state index >= 15 is 0 Å². The molecule has 0 amide bonds. The van der Waals surface area contributed by atoms with Gasteiger partial charge in [-0.2, -0.15) is 0 Å². The van der Waals surface area contributed by atoms with E-state index in [0.717, 1.165) is 87.6 Å². The maximum Gasteiger partial charge on any atom is 0.143 e. The van der Waals surface area contributed by atoms with Crippen molar-refractivity contribution in [1.29, 1.82) is 0 Å². The van der Waals surface area contributed by atoms with Gasteiger partial charge >= 0.3 is 0 Å². The molecule has 10 aromatic rings. The lowest BCUT2D eigenvalue weighted by Gasteiger charge is -2.12. The van der Waals surface area contributed by atoms with E-state index in [9.17, 15) is 0 Å². The molecule has 0 saturated heterocycles. The molecule has 50 heavy (non-hydrogen) atoms. The minimum atomic E-state index is 0.873. The fraction of sp³-hybridized carbons (Fsp3) is 0. The minimum absolute atomic E-state index is 0.873. The molecule has 10 rings (SSSR count). The Morgan fingerprint density at radius 1 is 0.300 bits per heavy atom. The van der Waals surface area contributed by atoms with Crippen LogP contribution in [-0.4, -0.2) is 19.9 Å². The molecule has 4 nitrogen and oxygen atoms in total. The summed E-state index contributed by atoms with van der Waals surface area (Å²) < 4.78 is 2.38. The Balaban J connectivity index is 1.13. The van der Waals surface area contributed by atoms with Crippen LogP contribution >= 0.6 is 22.7 Å². The Labute approximate surface area is 296 Å². The van der Waals surface area contributed by atoms with Gasteiger partial charge in [0.05, 0.1) is 22.8 Å². The fourth-order valence-corrected chi connectivity index (χ4v) is 8.77. The van der Waals surface area contributed by atoms with Crippen LogP contribution in [-0.2, 0) is 0 Å². The first-order valence-corrected chi connectivity index (χ1v) is 18.1. The first kappa shape index (κ1) is 28.9. The molecule has 6 heteroatoms. The van der Waals surface area contributed by atoms with Crippen LogP contribution in [0.3, 0.4) is 0 Å². The lowest BCUT2D eigenvalue weighted by molar-refractivity contribution is 1.31. The maximum atomic E-state index is 5.33. The third-order valence-electron chi connectivity index (χ3n) is 9.13. The zero-order chi connectivity index (χ0) is 33.0. The molecule has 0 N–H and O–H groups in total. The first-order chi connectivity index (χ1) is 24.8. The summed E-state index contributed by atoms with van der Waals surface area (Å²) in [4.78, 5) is 23.0. The van der Waals surface area contributed by atoms with Gasteiger partial charge in [-0.1, -0.05) is 133 Å². The molecule has 0 spiro atoms. The molecule has 0 saturated carbocycles. The second-order valence-corrected chi connectivity index (χ2v) is 14.3. The summed E-state index contributed by atoms with van der Waals surface area (Å²) in [6.07, 6.45) is 0. The highest BCUT2D eigenvalue weighted by Crippen LogP contribution is 2.40. The molecular formula is C44H26N4S2. The smallest absolute Gasteiger partial charge is 0.143 e. The quantitative estimate of drug-likeness (QED) is 0.182. The average Bonchev–Trinajstić information content (AvgIpc) is 3.75. The minimum Gasteiger partial charge on any atom is -0.242 e. The van der Waals surface area contributed by atoms with Crippen LogP contribution in [0.2, 0.25) is 0 Å².